The monoisotopic (exact) mass is 318 g/mol. The van der Waals surface area contributed by atoms with Crippen LogP contribution in [0.5, 0.6) is 0 Å². The molecule has 1 aliphatic rings. The summed E-state index contributed by atoms with van der Waals surface area (Å²) in [5, 5.41) is 2.82. The molecule has 3 amide bonds. The molecule has 0 saturated carbocycles. The number of aromatic nitrogens is 1. The van der Waals surface area contributed by atoms with Crippen LogP contribution in [0.25, 0.3) is 0 Å². The van der Waals surface area contributed by atoms with E-state index in [-0.39, 0.29) is 17.5 Å². The first kappa shape index (κ1) is 16.9. The summed E-state index contributed by atoms with van der Waals surface area (Å²) in [5.41, 5.74) is 0.693. The largest absolute Gasteiger partial charge is 0.352 e. The Morgan fingerprint density at radius 2 is 2.04 bits per heavy atom. The molecule has 1 aliphatic heterocycles. The standard InChI is InChI=1S/C16H22N4O3/c1-2-3-5-18-15(22)13-4-6-17-14(11-13)16(23)20-9-7-19(12-21)8-10-20/h4,6,11-12H,2-3,5,7-10H2,1H3,(H,18,22). The van der Waals surface area contributed by atoms with Gasteiger partial charge in [-0.1, -0.05) is 13.3 Å². The molecule has 0 radical (unpaired) electrons. The van der Waals surface area contributed by atoms with E-state index in [1.165, 1.54) is 12.3 Å². The Kier molecular flexibility index (Phi) is 6.08. The SMILES string of the molecule is CCCCNC(=O)c1ccnc(C(=O)N2CCN(C=O)CC2)c1. The maximum absolute atomic E-state index is 12.5. The minimum atomic E-state index is -0.209. The van der Waals surface area contributed by atoms with E-state index in [1.54, 1.807) is 15.9 Å². The van der Waals surface area contributed by atoms with Gasteiger partial charge in [0.25, 0.3) is 11.8 Å². The smallest absolute Gasteiger partial charge is 0.272 e. The van der Waals surface area contributed by atoms with Gasteiger partial charge in [-0.15, -0.1) is 0 Å². The fourth-order valence-corrected chi connectivity index (χ4v) is 2.36. The molecule has 0 unspecified atom stereocenters. The lowest BCUT2D eigenvalue weighted by Gasteiger charge is -2.32. The van der Waals surface area contributed by atoms with Crippen molar-refractivity contribution in [2.45, 2.75) is 19.8 Å². The van der Waals surface area contributed by atoms with Gasteiger partial charge in [0, 0.05) is 44.5 Å². The highest BCUT2D eigenvalue weighted by Crippen LogP contribution is 2.08. The Bertz CT molecular complexity index is 568. The van der Waals surface area contributed by atoms with Crippen molar-refractivity contribution in [3.63, 3.8) is 0 Å². The Labute approximate surface area is 135 Å². The van der Waals surface area contributed by atoms with Crippen LogP contribution in [0.3, 0.4) is 0 Å². The number of piperazine rings is 1. The zero-order valence-corrected chi connectivity index (χ0v) is 13.3. The number of unbranched alkanes of at least 4 members (excludes halogenated alkanes) is 1. The summed E-state index contributed by atoms with van der Waals surface area (Å²) in [5.74, 6) is -0.403. The van der Waals surface area contributed by atoms with Crippen molar-refractivity contribution in [1.82, 2.24) is 20.1 Å². The molecule has 2 rings (SSSR count). The maximum Gasteiger partial charge on any atom is 0.272 e. The third-order valence-corrected chi connectivity index (χ3v) is 3.81. The van der Waals surface area contributed by atoms with Crippen LogP contribution in [-0.2, 0) is 4.79 Å². The Balaban J connectivity index is 2.00. The average Bonchev–Trinajstić information content (AvgIpc) is 2.61. The molecule has 7 nitrogen and oxygen atoms in total. The highest BCUT2D eigenvalue weighted by molar-refractivity contribution is 5.98. The fourth-order valence-electron chi connectivity index (χ4n) is 2.36. The molecule has 1 saturated heterocycles. The second-order valence-electron chi connectivity index (χ2n) is 5.47. The maximum atomic E-state index is 12.5. The lowest BCUT2D eigenvalue weighted by molar-refractivity contribution is -0.119. The number of rotatable bonds is 6. The lowest BCUT2D eigenvalue weighted by atomic mass is 10.2. The van der Waals surface area contributed by atoms with Crippen molar-refractivity contribution in [1.29, 1.82) is 0 Å². The summed E-state index contributed by atoms with van der Waals surface area (Å²) in [6, 6.07) is 3.12. The zero-order valence-electron chi connectivity index (χ0n) is 13.3. The van der Waals surface area contributed by atoms with Crippen molar-refractivity contribution < 1.29 is 14.4 Å². The number of nitrogens with one attached hydrogen (secondary N) is 1. The van der Waals surface area contributed by atoms with Gasteiger partial charge in [-0.05, 0) is 18.6 Å². The van der Waals surface area contributed by atoms with Crippen LogP contribution in [0.1, 0.15) is 40.6 Å². The number of carbonyl (C=O) groups excluding carboxylic acids is 3. The van der Waals surface area contributed by atoms with Gasteiger partial charge >= 0.3 is 0 Å². The van der Waals surface area contributed by atoms with Crippen LogP contribution in [0, 0.1) is 0 Å². The van der Waals surface area contributed by atoms with Gasteiger partial charge in [0.15, 0.2) is 0 Å². The number of nitrogens with zero attached hydrogens (tertiary/aromatic N) is 3. The molecule has 1 aromatic heterocycles. The second kappa shape index (κ2) is 8.26. The topological polar surface area (TPSA) is 82.6 Å². The van der Waals surface area contributed by atoms with E-state index in [1.807, 2.05) is 0 Å². The Morgan fingerprint density at radius 1 is 1.30 bits per heavy atom. The molecule has 0 spiro atoms. The van der Waals surface area contributed by atoms with Crippen LogP contribution >= 0.6 is 0 Å². The van der Waals surface area contributed by atoms with Crippen LogP contribution < -0.4 is 5.32 Å². The molecule has 1 N–H and O–H groups in total. The highest BCUT2D eigenvalue weighted by Gasteiger charge is 2.22. The van der Waals surface area contributed by atoms with Crippen molar-refractivity contribution >= 4 is 18.2 Å². The summed E-state index contributed by atoms with van der Waals surface area (Å²) in [7, 11) is 0. The van der Waals surface area contributed by atoms with E-state index in [9.17, 15) is 14.4 Å². The third-order valence-electron chi connectivity index (χ3n) is 3.81. The Morgan fingerprint density at radius 3 is 2.70 bits per heavy atom. The molecule has 2 heterocycles. The summed E-state index contributed by atoms with van der Waals surface area (Å²) >= 11 is 0. The number of hydrogen-bond acceptors (Lipinski definition) is 4. The molecular formula is C16H22N4O3. The number of amides is 3. The van der Waals surface area contributed by atoms with E-state index >= 15 is 0 Å². The van der Waals surface area contributed by atoms with Gasteiger partial charge in [-0.3, -0.25) is 19.4 Å². The van der Waals surface area contributed by atoms with Crippen molar-refractivity contribution in [3.05, 3.63) is 29.6 Å². The molecule has 1 aromatic rings. The second-order valence-corrected chi connectivity index (χ2v) is 5.47. The fraction of sp³-hybridized carbons (Fsp3) is 0.500. The zero-order chi connectivity index (χ0) is 16.7. The van der Waals surface area contributed by atoms with E-state index < -0.39 is 0 Å². The quantitative estimate of drug-likeness (QED) is 0.612. The van der Waals surface area contributed by atoms with E-state index in [4.69, 9.17) is 0 Å². The first-order chi connectivity index (χ1) is 11.2. The van der Waals surface area contributed by atoms with Crippen LogP contribution in [-0.4, -0.2) is 65.7 Å². The first-order valence-electron chi connectivity index (χ1n) is 7.88. The van der Waals surface area contributed by atoms with Gasteiger partial charge in [-0.25, -0.2) is 0 Å². The van der Waals surface area contributed by atoms with Crippen molar-refractivity contribution in [2.24, 2.45) is 0 Å². The van der Waals surface area contributed by atoms with Gasteiger partial charge in [-0.2, -0.15) is 0 Å². The predicted molar refractivity (Wildman–Crippen MR) is 85.0 cm³/mol. The molecule has 124 valence electrons. The van der Waals surface area contributed by atoms with Crippen molar-refractivity contribution in [2.75, 3.05) is 32.7 Å². The molecule has 23 heavy (non-hydrogen) atoms. The predicted octanol–water partition coefficient (Wildman–Crippen LogP) is 0.526. The molecule has 0 bridgehead atoms. The first-order valence-corrected chi connectivity index (χ1v) is 7.88. The number of carbonyl (C=O) groups is 3. The van der Waals surface area contributed by atoms with Gasteiger partial charge in [0.2, 0.25) is 6.41 Å². The summed E-state index contributed by atoms with van der Waals surface area (Å²) in [6.07, 6.45) is 4.20. The molecule has 0 atom stereocenters. The van der Waals surface area contributed by atoms with Gasteiger partial charge in [0.1, 0.15) is 5.69 Å². The third kappa shape index (κ3) is 4.51. The summed E-state index contributed by atoms with van der Waals surface area (Å²) in [6.45, 7) is 4.67. The molecular weight excluding hydrogens is 296 g/mol. The molecule has 1 fully saturated rings. The summed E-state index contributed by atoms with van der Waals surface area (Å²) < 4.78 is 0. The van der Waals surface area contributed by atoms with Crippen LogP contribution in [0.15, 0.2) is 18.3 Å². The van der Waals surface area contributed by atoms with Crippen molar-refractivity contribution in [3.8, 4) is 0 Å². The van der Waals surface area contributed by atoms with E-state index in [2.05, 4.69) is 17.2 Å². The van der Waals surface area contributed by atoms with Gasteiger partial charge in [0.05, 0.1) is 0 Å². The molecule has 7 heteroatoms. The van der Waals surface area contributed by atoms with Crippen LogP contribution in [0.2, 0.25) is 0 Å². The number of pyridine rings is 1. The minimum absolute atomic E-state index is 0.194. The molecule has 0 aromatic carbocycles. The van der Waals surface area contributed by atoms with Gasteiger partial charge < -0.3 is 15.1 Å². The van der Waals surface area contributed by atoms with E-state index in [0.717, 1.165) is 19.3 Å². The number of hydrogen-bond donors (Lipinski definition) is 1. The average molecular weight is 318 g/mol. The minimum Gasteiger partial charge on any atom is -0.352 e. The normalized spacial score (nSPS) is 14.5. The highest BCUT2D eigenvalue weighted by atomic mass is 16.2. The van der Waals surface area contributed by atoms with Crippen LogP contribution in [0.4, 0.5) is 0 Å². The Hall–Kier alpha value is -2.44. The lowest BCUT2D eigenvalue weighted by Crippen LogP contribution is -2.48. The summed E-state index contributed by atoms with van der Waals surface area (Å²) in [4.78, 5) is 42.6. The molecule has 0 aliphatic carbocycles. The van der Waals surface area contributed by atoms with E-state index in [0.29, 0.717) is 38.3 Å².